The van der Waals surface area contributed by atoms with Gasteiger partial charge in [-0.15, -0.1) is 0 Å². The third kappa shape index (κ3) is 1.52. The normalized spacial score (nSPS) is 34.7. The fourth-order valence-corrected chi connectivity index (χ4v) is 2.55. The maximum atomic E-state index is 5.85. The molecule has 2 unspecified atom stereocenters. The van der Waals surface area contributed by atoms with Gasteiger partial charge in [-0.05, 0) is 18.6 Å². The zero-order valence-electron chi connectivity index (χ0n) is 9.97. The van der Waals surface area contributed by atoms with E-state index >= 15 is 0 Å². The van der Waals surface area contributed by atoms with E-state index in [-0.39, 0.29) is 5.92 Å². The Labute approximate surface area is 100 Å². The number of nitrogens with zero attached hydrogens (tertiary/aromatic N) is 1. The van der Waals surface area contributed by atoms with E-state index in [2.05, 4.69) is 4.99 Å². The molecule has 0 aromatic heterocycles. The lowest BCUT2D eigenvalue weighted by Crippen LogP contribution is -2.43. The molecule has 1 fully saturated rings. The van der Waals surface area contributed by atoms with Crippen molar-refractivity contribution in [1.29, 1.82) is 0 Å². The summed E-state index contributed by atoms with van der Waals surface area (Å²) in [6.45, 7) is 2.64. The molecule has 0 aromatic carbocycles. The SMILES string of the molecule is COC1=C2C=CC=CN=C2C2CCOC2(C)O1. The highest BCUT2D eigenvalue weighted by molar-refractivity contribution is 6.06. The Bertz CT molecular complexity index is 461. The maximum Gasteiger partial charge on any atom is 0.290 e. The van der Waals surface area contributed by atoms with Crippen LogP contribution in [0, 0.1) is 5.92 Å². The molecular formula is C13H15NO3. The first-order valence-electron chi connectivity index (χ1n) is 5.77. The molecule has 17 heavy (non-hydrogen) atoms. The van der Waals surface area contributed by atoms with Crippen molar-refractivity contribution in [2.24, 2.45) is 10.9 Å². The van der Waals surface area contributed by atoms with Gasteiger partial charge in [0.1, 0.15) is 0 Å². The summed E-state index contributed by atoms with van der Waals surface area (Å²) in [5, 5.41) is 0. The Morgan fingerprint density at radius 3 is 3.18 bits per heavy atom. The number of methoxy groups -OCH3 is 1. The first-order valence-corrected chi connectivity index (χ1v) is 5.77. The van der Waals surface area contributed by atoms with Crippen molar-refractivity contribution in [3.05, 3.63) is 35.9 Å². The minimum Gasteiger partial charge on any atom is -0.468 e. The van der Waals surface area contributed by atoms with Crippen LogP contribution in [0.5, 0.6) is 0 Å². The van der Waals surface area contributed by atoms with Crippen molar-refractivity contribution in [3.63, 3.8) is 0 Å². The molecule has 90 valence electrons. The minimum absolute atomic E-state index is 0.170. The highest BCUT2D eigenvalue weighted by atomic mass is 16.8. The maximum absolute atomic E-state index is 5.85. The van der Waals surface area contributed by atoms with E-state index in [1.165, 1.54) is 0 Å². The molecule has 0 aliphatic carbocycles. The van der Waals surface area contributed by atoms with E-state index in [0.29, 0.717) is 12.6 Å². The van der Waals surface area contributed by atoms with Gasteiger partial charge < -0.3 is 14.2 Å². The molecule has 4 heteroatoms. The van der Waals surface area contributed by atoms with Crippen LogP contribution in [0.4, 0.5) is 0 Å². The van der Waals surface area contributed by atoms with Crippen molar-refractivity contribution in [1.82, 2.24) is 0 Å². The molecule has 0 saturated carbocycles. The van der Waals surface area contributed by atoms with Crippen LogP contribution < -0.4 is 0 Å². The lowest BCUT2D eigenvalue weighted by molar-refractivity contribution is -0.212. The number of fused-ring (bicyclic) bond motifs is 3. The molecule has 3 rings (SSSR count). The van der Waals surface area contributed by atoms with Gasteiger partial charge in [-0.25, -0.2) is 0 Å². The summed E-state index contributed by atoms with van der Waals surface area (Å²) in [7, 11) is 1.60. The second-order valence-electron chi connectivity index (χ2n) is 4.43. The molecule has 2 atom stereocenters. The van der Waals surface area contributed by atoms with Crippen LogP contribution in [-0.2, 0) is 14.2 Å². The summed E-state index contributed by atoms with van der Waals surface area (Å²) in [5.41, 5.74) is 1.92. The molecule has 0 N–H and O–H groups in total. The number of hydrogen-bond donors (Lipinski definition) is 0. The Morgan fingerprint density at radius 2 is 2.35 bits per heavy atom. The number of hydrogen-bond acceptors (Lipinski definition) is 4. The molecule has 0 spiro atoms. The van der Waals surface area contributed by atoms with E-state index in [1.807, 2.05) is 25.2 Å². The summed E-state index contributed by atoms with van der Waals surface area (Å²) < 4.78 is 16.9. The number of aliphatic imine (C=N–C) groups is 1. The van der Waals surface area contributed by atoms with Gasteiger partial charge in [-0.2, -0.15) is 0 Å². The smallest absolute Gasteiger partial charge is 0.290 e. The fourth-order valence-electron chi connectivity index (χ4n) is 2.55. The predicted molar refractivity (Wildman–Crippen MR) is 63.3 cm³/mol. The third-order valence-electron chi connectivity index (χ3n) is 3.41. The lowest BCUT2D eigenvalue weighted by atomic mass is 9.87. The van der Waals surface area contributed by atoms with Crippen molar-refractivity contribution in [3.8, 4) is 0 Å². The molecule has 0 amide bonds. The first kappa shape index (κ1) is 10.6. The van der Waals surface area contributed by atoms with Crippen LogP contribution >= 0.6 is 0 Å². The quantitative estimate of drug-likeness (QED) is 0.696. The second kappa shape index (κ2) is 3.74. The zero-order chi connectivity index (χ0) is 11.9. The van der Waals surface area contributed by atoms with Gasteiger partial charge in [0.2, 0.25) is 5.79 Å². The van der Waals surface area contributed by atoms with Gasteiger partial charge in [-0.1, -0.05) is 6.08 Å². The number of ether oxygens (including phenoxy) is 3. The monoisotopic (exact) mass is 233 g/mol. The standard InChI is InChI=1S/C13H15NO3/c1-13-10(6-8-16-13)11-9(12(15-2)17-13)5-3-4-7-14-11/h3-5,7,10H,6,8H2,1-2H3. The largest absolute Gasteiger partial charge is 0.468 e. The molecule has 3 aliphatic heterocycles. The van der Waals surface area contributed by atoms with E-state index in [1.54, 1.807) is 13.3 Å². The van der Waals surface area contributed by atoms with E-state index < -0.39 is 5.79 Å². The van der Waals surface area contributed by atoms with E-state index in [0.717, 1.165) is 17.7 Å². The fraction of sp³-hybridized carbons (Fsp3) is 0.462. The summed E-state index contributed by atoms with van der Waals surface area (Å²) in [5.74, 6) is 0.0211. The van der Waals surface area contributed by atoms with Gasteiger partial charge >= 0.3 is 0 Å². The second-order valence-corrected chi connectivity index (χ2v) is 4.43. The first-order chi connectivity index (χ1) is 8.24. The van der Waals surface area contributed by atoms with E-state index in [9.17, 15) is 0 Å². The summed E-state index contributed by atoms with van der Waals surface area (Å²) >= 11 is 0. The highest BCUT2D eigenvalue weighted by Crippen LogP contribution is 2.42. The average Bonchev–Trinajstić information content (AvgIpc) is 2.57. The molecule has 0 bridgehead atoms. The predicted octanol–water partition coefficient (Wildman–Crippen LogP) is 2.15. The van der Waals surface area contributed by atoms with Crippen molar-refractivity contribution >= 4 is 5.71 Å². The average molecular weight is 233 g/mol. The molecular weight excluding hydrogens is 218 g/mol. The number of rotatable bonds is 1. The molecule has 4 nitrogen and oxygen atoms in total. The molecule has 0 radical (unpaired) electrons. The van der Waals surface area contributed by atoms with Crippen molar-refractivity contribution in [2.45, 2.75) is 19.1 Å². The van der Waals surface area contributed by atoms with E-state index in [4.69, 9.17) is 14.2 Å². The van der Waals surface area contributed by atoms with Crippen LogP contribution in [0.2, 0.25) is 0 Å². The Kier molecular flexibility index (Phi) is 2.33. The molecule has 1 saturated heterocycles. The van der Waals surface area contributed by atoms with Crippen molar-refractivity contribution < 1.29 is 14.2 Å². The van der Waals surface area contributed by atoms with Crippen LogP contribution in [0.3, 0.4) is 0 Å². The minimum atomic E-state index is -0.639. The van der Waals surface area contributed by atoms with Gasteiger partial charge in [0.15, 0.2) is 0 Å². The van der Waals surface area contributed by atoms with Crippen LogP contribution in [-0.4, -0.2) is 25.2 Å². The summed E-state index contributed by atoms with van der Waals surface area (Å²) in [6, 6.07) is 0. The third-order valence-corrected chi connectivity index (χ3v) is 3.41. The Balaban J connectivity index is 2.14. The molecule has 3 heterocycles. The topological polar surface area (TPSA) is 40.0 Å². The lowest BCUT2D eigenvalue weighted by Gasteiger charge is -2.36. The highest BCUT2D eigenvalue weighted by Gasteiger charge is 2.50. The van der Waals surface area contributed by atoms with Crippen LogP contribution in [0.15, 0.2) is 40.9 Å². The zero-order valence-corrected chi connectivity index (χ0v) is 9.97. The Morgan fingerprint density at radius 1 is 1.47 bits per heavy atom. The van der Waals surface area contributed by atoms with Gasteiger partial charge in [0, 0.05) is 13.1 Å². The molecule has 3 aliphatic rings. The number of allylic oxidation sites excluding steroid dienone is 4. The van der Waals surface area contributed by atoms with Crippen LogP contribution in [0.25, 0.3) is 0 Å². The van der Waals surface area contributed by atoms with Crippen molar-refractivity contribution in [2.75, 3.05) is 13.7 Å². The Hall–Kier alpha value is -1.55. The summed E-state index contributed by atoms with van der Waals surface area (Å²) in [6.07, 6.45) is 8.54. The van der Waals surface area contributed by atoms with Gasteiger partial charge in [0.25, 0.3) is 5.95 Å². The molecule has 0 aromatic rings. The van der Waals surface area contributed by atoms with Gasteiger partial charge in [0.05, 0.1) is 30.9 Å². The summed E-state index contributed by atoms with van der Waals surface area (Å²) in [4.78, 5) is 4.51. The van der Waals surface area contributed by atoms with Gasteiger partial charge in [-0.3, -0.25) is 4.99 Å². The van der Waals surface area contributed by atoms with Crippen LogP contribution in [0.1, 0.15) is 13.3 Å².